The highest BCUT2D eigenvalue weighted by Gasteiger charge is 2.03. The first kappa shape index (κ1) is 9.04. The molecular weight excluding hydrogens is 150 g/mol. The molecule has 12 heavy (non-hydrogen) atoms. The van der Waals surface area contributed by atoms with Gasteiger partial charge in [-0.15, -0.1) is 0 Å². The van der Waals surface area contributed by atoms with Crippen LogP contribution < -0.4 is 4.74 Å². The van der Waals surface area contributed by atoms with Gasteiger partial charge in [0.25, 0.3) is 0 Å². The zero-order valence-electron chi connectivity index (χ0n) is 7.92. The molecule has 2 nitrogen and oxygen atoms in total. The molecule has 0 saturated heterocycles. The van der Waals surface area contributed by atoms with E-state index in [1.807, 2.05) is 13.0 Å². The van der Waals surface area contributed by atoms with Gasteiger partial charge in [-0.3, -0.25) is 0 Å². The number of hydrogen-bond acceptors (Lipinski definition) is 2. The van der Waals surface area contributed by atoms with Crippen LogP contribution in [0, 0.1) is 6.92 Å². The SMILES string of the molecule is CCOc1nccc(CC)c1C. The molecule has 0 saturated carbocycles. The molecule has 0 spiro atoms. The van der Waals surface area contributed by atoms with E-state index in [1.54, 1.807) is 6.20 Å². The molecule has 1 aromatic heterocycles. The maximum Gasteiger partial charge on any atom is 0.216 e. The van der Waals surface area contributed by atoms with Crippen LogP contribution in [0.5, 0.6) is 5.88 Å². The summed E-state index contributed by atoms with van der Waals surface area (Å²) in [6.45, 7) is 6.84. The minimum absolute atomic E-state index is 0.682. The maximum atomic E-state index is 5.37. The summed E-state index contributed by atoms with van der Waals surface area (Å²) in [7, 11) is 0. The van der Waals surface area contributed by atoms with Crippen LogP contribution in [0.15, 0.2) is 12.3 Å². The third-order valence-corrected chi connectivity index (χ3v) is 1.93. The molecule has 0 fully saturated rings. The Kier molecular flexibility index (Phi) is 3.09. The van der Waals surface area contributed by atoms with Gasteiger partial charge in [0.2, 0.25) is 5.88 Å². The summed E-state index contributed by atoms with van der Waals surface area (Å²) in [4.78, 5) is 4.15. The predicted octanol–water partition coefficient (Wildman–Crippen LogP) is 2.35. The molecule has 2 heteroatoms. The summed E-state index contributed by atoms with van der Waals surface area (Å²) < 4.78 is 5.37. The van der Waals surface area contributed by atoms with Crippen LogP contribution in [0.2, 0.25) is 0 Å². The number of nitrogens with zero attached hydrogens (tertiary/aromatic N) is 1. The van der Waals surface area contributed by atoms with Crippen LogP contribution in [0.25, 0.3) is 0 Å². The normalized spacial score (nSPS) is 9.92. The Balaban J connectivity index is 2.97. The van der Waals surface area contributed by atoms with E-state index in [4.69, 9.17) is 4.74 Å². The van der Waals surface area contributed by atoms with E-state index in [9.17, 15) is 0 Å². The molecule has 1 rings (SSSR count). The third kappa shape index (κ3) is 1.76. The van der Waals surface area contributed by atoms with E-state index >= 15 is 0 Å². The van der Waals surface area contributed by atoms with Gasteiger partial charge < -0.3 is 4.74 Å². The largest absolute Gasteiger partial charge is 0.478 e. The fourth-order valence-electron chi connectivity index (χ4n) is 1.22. The highest BCUT2D eigenvalue weighted by Crippen LogP contribution is 2.18. The topological polar surface area (TPSA) is 22.1 Å². The van der Waals surface area contributed by atoms with Crippen molar-refractivity contribution >= 4 is 0 Å². The van der Waals surface area contributed by atoms with Crippen LogP contribution >= 0.6 is 0 Å². The van der Waals surface area contributed by atoms with Gasteiger partial charge in [-0.05, 0) is 31.9 Å². The van der Waals surface area contributed by atoms with E-state index in [1.165, 1.54) is 11.1 Å². The van der Waals surface area contributed by atoms with Gasteiger partial charge in [-0.1, -0.05) is 6.92 Å². The van der Waals surface area contributed by atoms with Crippen molar-refractivity contribution in [1.82, 2.24) is 4.98 Å². The summed E-state index contributed by atoms with van der Waals surface area (Å²) in [5.41, 5.74) is 2.48. The Labute approximate surface area is 73.6 Å². The molecule has 0 bridgehead atoms. The van der Waals surface area contributed by atoms with Gasteiger partial charge in [0.05, 0.1) is 6.61 Å². The number of aromatic nitrogens is 1. The molecule has 66 valence electrons. The molecule has 0 amide bonds. The van der Waals surface area contributed by atoms with Crippen LogP contribution in [0.3, 0.4) is 0 Å². The standard InChI is InChI=1S/C10H15NO/c1-4-9-6-7-11-10(8(9)3)12-5-2/h6-7H,4-5H2,1-3H3. The van der Waals surface area contributed by atoms with Crippen LogP contribution in [0.1, 0.15) is 25.0 Å². The highest BCUT2D eigenvalue weighted by atomic mass is 16.5. The van der Waals surface area contributed by atoms with Crippen molar-refractivity contribution in [3.8, 4) is 5.88 Å². The minimum Gasteiger partial charge on any atom is -0.478 e. The molecule has 1 heterocycles. The fraction of sp³-hybridized carbons (Fsp3) is 0.500. The second-order valence-corrected chi connectivity index (χ2v) is 2.69. The number of ether oxygens (including phenoxy) is 1. The van der Waals surface area contributed by atoms with Gasteiger partial charge in [-0.25, -0.2) is 4.98 Å². The Morgan fingerprint density at radius 2 is 2.17 bits per heavy atom. The molecule has 0 aromatic carbocycles. The zero-order valence-corrected chi connectivity index (χ0v) is 7.92. The van der Waals surface area contributed by atoms with E-state index in [0.29, 0.717) is 6.61 Å². The van der Waals surface area contributed by atoms with Crippen LogP contribution in [-0.4, -0.2) is 11.6 Å². The van der Waals surface area contributed by atoms with E-state index in [-0.39, 0.29) is 0 Å². The number of rotatable bonds is 3. The van der Waals surface area contributed by atoms with Gasteiger partial charge in [0, 0.05) is 11.8 Å². The lowest BCUT2D eigenvalue weighted by molar-refractivity contribution is 0.324. The first-order valence-electron chi connectivity index (χ1n) is 4.36. The highest BCUT2D eigenvalue weighted by molar-refractivity contribution is 5.32. The lowest BCUT2D eigenvalue weighted by Gasteiger charge is -2.08. The lowest BCUT2D eigenvalue weighted by atomic mass is 10.1. The van der Waals surface area contributed by atoms with Crippen molar-refractivity contribution in [2.45, 2.75) is 27.2 Å². The second kappa shape index (κ2) is 4.10. The van der Waals surface area contributed by atoms with E-state index in [2.05, 4.69) is 18.8 Å². The fourth-order valence-corrected chi connectivity index (χ4v) is 1.22. The number of hydrogen-bond donors (Lipinski definition) is 0. The Morgan fingerprint density at radius 1 is 1.42 bits per heavy atom. The molecule has 0 radical (unpaired) electrons. The summed E-state index contributed by atoms with van der Waals surface area (Å²) >= 11 is 0. The number of pyridine rings is 1. The van der Waals surface area contributed by atoms with Crippen molar-refractivity contribution in [2.75, 3.05) is 6.61 Å². The average molecular weight is 165 g/mol. The molecule has 0 aliphatic heterocycles. The summed E-state index contributed by atoms with van der Waals surface area (Å²) in [6, 6.07) is 2.04. The summed E-state index contributed by atoms with van der Waals surface area (Å²) in [5, 5.41) is 0. The first-order valence-corrected chi connectivity index (χ1v) is 4.36. The minimum atomic E-state index is 0.682. The second-order valence-electron chi connectivity index (χ2n) is 2.69. The molecule has 1 aromatic rings. The summed E-state index contributed by atoms with van der Waals surface area (Å²) in [5.74, 6) is 0.775. The van der Waals surface area contributed by atoms with Crippen molar-refractivity contribution in [3.63, 3.8) is 0 Å². The third-order valence-electron chi connectivity index (χ3n) is 1.93. The van der Waals surface area contributed by atoms with Gasteiger partial charge in [0.1, 0.15) is 0 Å². The number of aryl methyl sites for hydroxylation is 1. The van der Waals surface area contributed by atoms with E-state index < -0.39 is 0 Å². The molecule has 0 aliphatic carbocycles. The lowest BCUT2D eigenvalue weighted by Crippen LogP contribution is -1.99. The van der Waals surface area contributed by atoms with E-state index in [0.717, 1.165) is 12.3 Å². The first-order chi connectivity index (χ1) is 5.79. The molecule has 0 atom stereocenters. The Hall–Kier alpha value is -1.05. The molecular formula is C10H15NO. The van der Waals surface area contributed by atoms with Crippen molar-refractivity contribution in [1.29, 1.82) is 0 Å². The van der Waals surface area contributed by atoms with Crippen molar-refractivity contribution in [2.24, 2.45) is 0 Å². The Bertz CT molecular complexity index is 258. The van der Waals surface area contributed by atoms with Crippen LogP contribution in [-0.2, 0) is 6.42 Å². The van der Waals surface area contributed by atoms with Crippen LogP contribution in [0.4, 0.5) is 0 Å². The quantitative estimate of drug-likeness (QED) is 0.686. The average Bonchev–Trinajstić information content (AvgIpc) is 2.09. The van der Waals surface area contributed by atoms with Gasteiger partial charge in [0.15, 0.2) is 0 Å². The smallest absolute Gasteiger partial charge is 0.216 e. The van der Waals surface area contributed by atoms with Crippen molar-refractivity contribution in [3.05, 3.63) is 23.4 Å². The predicted molar refractivity (Wildman–Crippen MR) is 49.5 cm³/mol. The van der Waals surface area contributed by atoms with Gasteiger partial charge >= 0.3 is 0 Å². The summed E-state index contributed by atoms with van der Waals surface area (Å²) in [6.07, 6.45) is 2.84. The van der Waals surface area contributed by atoms with Crippen molar-refractivity contribution < 1.29 is 4.74 Å². The molecule has 0 aliphatic rings. The molecule has 0 unspecified atom stereocenters. The Morgan fingerprint density at radius 3 is 2.75 bits per heavy atom. The molecule has 0 N–H and O–H groups in total. The monoisotopic (exact) mass is 165 g/mol. The van der Waals surface area contributed by atoms with Gasteiger partial charge in [-0.2, -0.15) is 0 Å². The zero-order chi connectivity index (χ0) is 8.97. The maximum absolute atomic E-state index is 5.37.